The van der Waals surface area contributed by atoms with Crippen LogP contribution in [0.25, 0.3) is 0 Å². The topological polar surface area (TPSA) is 88.0 Å². The lowest BCUT2D eigenvalue weighted by atomic mass is 10.1. The highest BCUT2D eigenvalue weighted by Crippen LogP contribution is 2.20. The van der Waals surface area contributed by atoms with Crippen LogP contribution < -0.4 is 15.5 Å². The molecule has 2 saturated heterocycles. The lowest BCUT2D eigenvalue weighted by molar-refractivity contribution is 0.102. The molecule has 8 nitrogen and oxygen atoms in total. The summed E-state index contributed by atoms with van der Waals surface area (Å²) in [7, 11) is 0. The molecule has 4 rings (SSSR count). The third-order valence-electron chi connectivity index (χ3n) is 5.14. The van der Waals surface area contributed by atoms with Crippen molar-refractivity contribution in [3.05, 3.63) is 30.2 Å². The molecule has 2 fully saturated rings. The number of hydrogen-bond acceptors (Lipinski definition) is 6. The molecule has 2 N–H and O–H groups in total. The Morgan fingerprint density at radius 1 is 1.15 bits per heavy atom. The third-order valence-corrected chi connectivity index (χ3v) is 5.14. The molecule has 0 unspecified atom stereocenters. The number of nitrogens with zero attached hydrogens (tertiary/aromatic N) is 5. The fraction of sp³-hybridized carbons (Fsp3) is 0.556. The van der Waals surface area contributed by atoms with E-state index in [9.17, 15) is 4.79 Å². The van der Waals surface area contributed by atoms with Gasteiger partial charge in [0.2, 0.25) is 0 Å². The zero-order valence-corrected chi connectivity index (χ0v) is 14.9. The number of rotatable bonds is 4. The highest BCUT2D eigenvalue weighted by atomic mass is 16.2. The predicted octanol–water partition coefficient (Wildman–Crippen LogP) is 1.84. The quantitative estimate of drug-likeness (QED) is 0.870. The fourth-order valence-electron chi connectivity index (χ4n) is 3.61. The molecular weight excluding hydrogens is 330 g/mol. The van der Waals surface area contributed by atoms with Crippen molar-refractivity contribution in [3.8, 4) is 0 Å². The molecule has 4 heterocycles. The van der Waals surface area contributed by atoms with Crippen LogP contribution in [0.3, 0.4) is 0 Å². The van der Waals surface area contributed by atoms with E-state index in [0.29, 0.717) is 17.6 Å². The number of nitrogens with one attached hydrogen (secondary N) is 2. The average Bonchev–Trinajstić information content (AvgIpc) is 3.20. The molecule has 0 saturated carbocycles. The van der Waals surface area contributed by atoms with Crippen LogP contribution in [0.15, 0.2) is 24.5 Å². The van der Waals surface area contributed by atoms with Gasteiger partial charge in [-0.1, -0.05) is 5.21 Å². The zero-order valence-electron chi connectivity index (χ0n) is 14.9. The minimum Gasteiger partial charge on any atom is -0.370 e. The van der Waals surface area contributed by atoms with Gasteiger partial charge < -0.3 is 15.5 Å². The van der Waals surface area contributed by atoms with E-state index in [1.165, 1.54) is 19.3 Å². The summed E-state index contributed by atoms with van der Waals surface area (Å²) in [5.74, 6) is 0.260. The molecule has 0 bridgehead atoms. The van der Waals surface area contributed by atoms with Crippen molar-refractivity contribution in [1.82, 2.24) is 25.3 Å². The van der Waals surface area contributed by atoms with E-state index in [-0.39, 0.29) is 5.91 Å². The number of aromatic nitrogens is 4. The molecule has 0 aromatic carbocycles. The molecule has 0 radical (unpaired) electrons. The van der Waals surface area contributed by atoms with Crippen molar-refractivity contribution < 1.29 is 4.79 Å². The number of anilines is 2. The van der Waals surface area contributed by atoms with E-state index in [1.54, 1.807) is 6.20 Å². The Bertz CT molecular complexity index is 730. The predicted molar refractivity (Wildman–Crippen MR) is 99.4 cm³/mol. The Hall–Kier alpha value is -2.48. The van der Waals surface area contributed by atoms with Crippen molar-refractivity contribution in [1.29, 1.82) is 0 Å². The first kappa shape index (κ1) is 17.0. The largest absolute Gasteiger partial charge is 0.370 e. The Labute approximate surface area is 153 Å². The molecule has 8 heteroatoms. The minimum atomic E-state index is -0.275. The number of pyridine rings is 1. The SMILES string of the molecule is O=C(Nc1ccc(N2CCCCC2)cn1)c1cn(C2CCNCC2)nn1. The molecule has 26 heavy (non-hydrogen) atoms. The molecule has 2 aliphatic rings. The van der Waals surface area contributed by atoms with E-state index in [1.807, 2.05) is 23.0 Å². The highest BCUT2D eigenvalue weighted by Gasteiger charge is 2.19. The van der Waals surface area contributed by atoms with Crippen LogP contribution in [0.4, 0.5) is 11.5 Å². The Kier molecular flexibility index (Phi) is 5.10. The lowest BCUT2D eigenvalue weighted by Gasteiger charge is -2.28. The summed E-state index contributed by atoms with van der Waals surface area (Å²) >= 11 is 0. The normalized spacial score (nSPS) is 18.7. The summed E-state index contributed by atoms with van der Waals surface area (Å²) in [5, 5.41) is 14.3. The zero-order chi connectivity index (χ0) is 17.8. The summed E-state index contributed by atoms with van der Waals surface area (Å²) in [5.41, 5.74) is 1.44. The first-order chi connectivity index (χ1) is 12.8. The standard InChI is InChI=1S/C18H25N7O/c26-18(16-13-25(23-22-16)14-6-8-19-9-7-14)21-17-5-4-15(12-20-17)24-10-2-1-3-11-24/h4-5,12-14,19H,1-3,6-11H2,(H,20,21,26). The molecule has 138 valence electrons. The summed E-state index contributed by atoms with van der Waals surface area (Å²) in [4.78, 5) is 19.1. The highest BCUT2D eigenvalue weighted by molar-refractivity contribution is 6.02. The first-order valence-electron chi connectivity index (χ1n) is 9.44. The van der Waals surface area contributed by atoms with Crippen molar-refractivity contribution in [2.24, 2.45) is 0 Å². The van der Waals surface area contributed by atoms with Crippen molar-refractivity contribution in [2.75, 3.05) is 36.4 Å². The van der Waals surface area contributed by atoms with Gasteiger partial charge in [0.25, 0.3) is 5.91 Å². The second kappa shape index (κ2) is 7.82. The van der Waals surface area contributed by atoms with Crippen LogP contribution in [0.2, 0.25) is 0 Å². The summed E-state index contributed by atoms with van der Waals surface area (Å²) < 4.78 is 1.81. The maximum absolute atomic E-state index is 12.4. The molecule has 2 aromatic heterocycles. The Morgan fingerprint density at radius 2 is 1.96 bits per heavy atom. The van der Waals surface area contributed by atoms with Gasteiger partial charge in [0.1, 0.15) is 5.82 Å². The van der Waals surface area contributed by atoms with E-state index in [4.69, 9.17) is 0 Å². The minimum absolute atomic E-state index is 0.275. The number of piperidine rings is 2. The summed E-state index contributed by atoms with van der Waals surface area (Å²) in [6.45, 7) is 4.10. The Morgan fingerprint density at radius 3 is 2.69 bits per heavy atom. The average molecular weight is 355 g/mol. The second-order valence-corrected chi connectivity index (χ2v) is 6.97. The van der Waals surface area contributed by atoms with Gasteiger partial charge >= 0.3 is 0 Å². The number of carbonyl (C=O) groups is 1. The van der Waals surface area contributed by atoms with Gasteiger partial charge in [-0.2, -0.15) is 0 Å². The van der Waals surface area contributed by atoms with Crippen molar-refractivity contribution in [2.45, 2.75) is 38.1 Å². The van der Waals surface area contributed by atoms with Crippen LogP contribution in [-0.4, -0.2) is 52.1 Å². The maximum Gasteiger partial charge on any atom is 0.278 e. The number of carbonyl (C=O) groups excluding carboxylic acids is 1. The second-order valence-electron chi connectivity index (χ2n) is 6.97. The van der Waals surface area contributed by atoms with E-state index >= 15 is 0 Å². The smallest absolute Gasteiger partial charge is 0.278 e. The van der Waals surface area contributed by atoms with E-state index < -0.39 is 0 Å². The molecule has 0 aliphatic carbocycles. The van der Waals surface area contributed by atoms with Crippen LogP contribution in [0.1, 0.15) is 48.6 Å². The van der Waals surface area contributed by atoms with Crippen LogP contribution >= 0.6 is 0 Å². The van der Waals surface area contributed by atoms with Gasteiger partial charge in [0, 0.05) is 13.1 Å². The molecule has 0 atom stereocenters. The Balaban J connectivity index is 1.37. The molecule has 2 aliphatic heterocycles. The van der Waals surface area contributed by atoms with E-state index in [2.05, 4.69) is 30.8 Å². The van der Waals surface area contributed by atoms with Crippen molar-refractivity contribution in [3.63, 3.8) is 0 Å². The first-order valence-corrected chi connectivity index (χ1v) is 9.44. The maximum atomic E-state index is 12.4. The third kappa shape index (κ3) is 3.85. The molecule has 1 amide bonds. The van der Waals surface area contributed by atoms with Crippen molar-refractivity contribution >= 4 is 17.4 Å². The van der Waals surface area contributed by atoms with Gasteiger partial charge in [-0.05, 0) is 57.3 Å². The summed E-state index contributed by atoms with van der Waals surface area (Å²) in [6.07, 6.45) is 9.32. The van der Waals surface area contributed by atoms with Gasteiger partial charge in [-0.15, -0.1) is 5.10 Å². The monoisotopic (exact) mass is 355 g/mol. The van der Waals surface area contributed by atoms with Crippen LogP contribution in [0, 0.1) is 0 Å². The van der Waals surface area contributed by atoms with Crippen LogP contribution in [-0.2, 0) is 0 Å². The summed E-state index contributed by atoms with van der Waals surface area (Å²) in [6, 6.07) is 4.17. The molecule has 0 spiro atoms. The van der Waals surface area contributed by atoms with E-state index in [0.717, 1.165) is 44.7 Å². The molecule has 2 aromatic rings. The number of amides is 1. The fourth-order valence-corrected chi connectivity index (χ4v) is 3.61. The number of hydrogen-bond donors (Lipinski definition) is 2. The lowest BCUT2D eigenvalue weighted by Crippen LogP contribution is -2.29. The van der Waals surface area contributed by atoms with Gasteiger partial charge in [0.05, 0.1) is 24.1 Å². The van der Waals surface area contributed by atoms with Gasteiger partial charge in [-0.3, -0.25) is 4.79 Å². The van der Waals surface area contributed by atoms with Crippen LogP contribution in [0.5, 0.6) is 0 Å². The van der Waals surface area contributed by atoms with Gasteiger partial charge in [-0.25, -0.2) is 9.67 Å². The molecular formula is C18H25N7O. The van der Waals surface area contributed by atoms with Gasteiger partial charge in [0.15, 0.2) is 5.69 Å².